The molecule has 3 N–H and O–H groups in total. The van der Waals surface area contributed by atoms with E-state index in [-0.39, 0.29) is 27.8 Å². The Labute approximate surface area is 160 Å². The van der Waals surface area contributed by atoms with Crippen molar-refractivity contribution in [2.75, 3.05) is 14.2 Å². The molecule has 1 amide bonds. The van der Waals surface area contributed by atoms with Crippen LogP contribution in [0, 0.1) is 0 Å². The van der Waals surface area contributed by atoms with Gasteiger partial charge >= 0.3 is 11.9 Å². The number of carbonyl (C=O) groups is 3. The molecule has 0 aliphatic carbocycles. The van der Waals surface area contributed by atoms with E-state index in [1.807, 2.05) is 6.07 Å². The molecule has 0 aliphatic rings. The first-order chi connectivity index (χ1) is 13.4. The molecule has 0 atom stereocenters. The number of primary amides is 1. The van der Waals surface area contributed by atoms with Gasteiger partial charge in [-0.3, -0.25) is 4.79 Å². The summed E-state index contributed by atoms with van der Waals surface area (Å²) in [6, 6.07) is 12.9. The molecule has 0 heterocycles. The molecular weight excluding hydrogens is 362 g/mol. The van der Waals surface area contributed by atoms with Crippen molar-refractivity contribution in [3.8, 4) is 16.9 Å². The summed E-state index contributed by atoms with van der Waals surface area (Å²) >= 11 is 0. The van der Waals surface area contributed by atoms with Crippen LogP contribution in [-0.2, 0) is 9.47 Å². The van der Waals surface area contributed by atoms with E-state index in [0.29, 0.717) is 5.39 Å². The molecule has 0 fully saturated rings. The molecule has 7 nitrogen and oxygen atoms in total. The molecule has 0 aromatic heterocycles. The first kappa shape index (κ1) is 18.9. The second kappa shape index (κ2) is 7.40. The molecule has 3 rings (SSSR count). The van der Waals surface area contributed by atoms with Crippen LogP contribution in [0.2, 0.25) is 0 Å². The van der Waals surface area contributed by atoms with E-state index >= 15 is 0 Å². The Morgan fingerprint density at radius 1 is 0.857 bits per heavy atom. The molecule has 0 saturated carbocycles. The molecule has 0 spiro atoms. The third kappa shape index (κ3) is 3.03. The number of amides is 1. The molecule has 0 unspecified atom stereocenters. The maximum atomic E-state index is 12.3. The Kier molecular flexibility index (Phi) is 5.00. The highest BCUT2D eigenvalue weighted by Gasteiger charge is 2.26. The third-order valence-electron chi connectivity index (χ3n) is 4.43. The number of methoxy groups -OCH3 is 2. The number of carbonyl (C=O) groups excluding carboxylic acids is 3. The SMILES string of the molecule is COC(=O)c1ccc(C(=O)OC)c(-c2ccc3ccccc3c2C(N)=O)c1O. The van der Waals surface area contributed by atoms with E-state index in [2.05, 4.69) is 4.74 Å². The molecule has 142 valence electrons. The number of hydrogen-bond acceptors (Lipinski definition) is 6. The van der Waals surface area contributed by atoms with E-state index in [4.69, 9.17) is 10.5 Å². The number of rotatable bonds is 4. The van der Waals surface area contributed by atoms with Gasteiger partial charge in [-0.25, -0.2) is 9.59 Å². The molecular formula is C21H17NO6. The number of esters is 2. The Hall–Kier alpha value is -3.87. The first-order valence-corrected chi connectivity index (χ1v) is 8.25. The Morgan fingerprint density at radius 2 is 1.46 bits per heavy atom. The second-order valence-corrected chi connectivity index (χ2v) is 5.94. The molecule has 0 radical (unpaired) electrons. The summed E-state index contributed by atoms with van der Waals surface area (Å²) in [6.07, 6.45) is 0. The molecule has 7 heteroatoms. The van der Waals surface area contributed by atoms with Crippen LogP contribution in [0.1, 0.15) is 31.1 Å². The summed E-state index contributed by atoms with van der Waals surface area (Å²) in [5.41, 5.74) is 5.72. The van der Waals surface area contributed by atoms with Gasteiger partial charge in [-0.2, -0.15) is 0 Å². The fourth-order valence-corrected chi connectivity index (χ4v) is 3.16. The van der Waals surface area contributed by atoms with Gasteiger partial charge in [-0.1, -0.05) is 36.4 Å². The fraction of sp³-hybridized carbons (Fsp3) is 0.0952. The van der Waals surface area contributed by atoms with E-state index in [0.717, 1.165) is 5.39 Å². The van der Waals surface area contributed by atoms with Crippen molar-refractivity contribution in [1.29, 1.82) is 0 Å². The minimum absolute atomic E-state index is 0.0227. The lowest BCUT2D eigenvalue weighted by Crippen LogP contribution is -2.15. The normalized spacial score (nSPS) is 10.5. The van der Waals surface area contributed by atoms with Crippen LogP contribution in [-0.4, -0.2) is 37.2 Å². The van der Waals surface area contributed by atoms with Crippen molar-refractivity contribution >= 4 is 28.6 Å². The van der Waals surface area contributed by atoms with E-state index < -0.39 is 23.6 Å². The molecule has 3 aromatic carbocycles. The third-order valence-corrected chi connectivity index (χ3v) is 4.43. The minimum atomic E-state index is -0.795. The summed E-state index contributed by atoms with van der Waals surface area (Å²) in [7, 11) is 2.35. The highest BCUT2D eigenvalue weighted by molar-refractivity contribution is 6.15. The summed E-state index contributed by atoms with van der Waals surface area (Å²) in [5, 5.41) is 12.1. The van der Waals surface area contributed by atoms with Crippen molar-refractivity contribution in [3.63, 3.8) is 0 Å². The van der Waals surface area contributed by atoms with Crippen molar-refractivity contribution in [2.24, 2.45) is 5.73 Å². The maximum absolute atomic E-state index is 12.3. The molecule has 0 aliphatic heterocycles. The van der Waals surface area contributed by atoms with Gasteiger partial charge in [0.2, 0.25) is 5.91 Å². The summed E-state index contributed by atoms with van der Waals surface area (Å²) in [6.45, 7) is 0. The van der Waals surface area contributed by atoms with Crippen LogP contribution >= 0.6 is 0 Å². The average molecular weight is 379 g/mol. The number of hydrogen-bond donors (Lipinski definition) is 2. The zero-order valence-electron chi connectivity index (χ0n) is 15.2. The fourth-order valence-electron chi connectivity index (χ4n) is 3.16. The van der Waals surface area contributed by atoms with E-state index in [1.165, 1.54) is 26.4 Å². The van der Waals surface area contributed by atoms with Crippen LogP contribution in [0.4, 0.5) is 0 Å². The zero-order valence-corrected chi connectivity index (χ0v) is 15.2. The number of nitrogens with two attached hydrogens (primary N) is 1. The standard InChI is InChI=1S/C21H17NO6/c1-27-20(25)14-9-10-15(21(26)28-2)18(23)16(14)13-8-7-11-5-3-4-6-12(11)17(13)19(22)24/h3-10,23H,1-2H3,(H2,22,24). The van der Waals surface area contributed by atoms with Gasteiger partial charge in [-0.15, -0.1) is 0 Å². The second-order valence-electron chi connectivity index (χ2n) is 5.94. The predicted molar refractivity (Wildman–Crippen MR) is 102 cm³/mol. The van der Waals surface area contributed by atoms with Crippen LogP contribution in [0.5, 0.6) is 5.75 Å². The molecule has 0 bridgehead atoms. The minimum Gasteiger partial charge on any atom is -0.506 e. The van der Waals surface area contributed by atoms with Gasteiger partial charge in [0.25, 0.3) is 0 Å². The van der Waals surface area contributed by atoms with Crippen LogP contribution in [0.25, 0.3) is 21.9 Å². The molecule has 0 saturated heterocycles. The number of benzene rings is 3. The highest BCUT2D eigenvalue weighted by atomic mass is 16.5. The van der Waals surface area contributed by atoms with Gasteiger partial charge in [-0.05, 0) is 28.5 Å². The van der Waals surface area contributed by atoms with Gasteiger partial charge < -0.3 is 20.3 Å². The average Bonchev–Trinajstić information content (AvgIpc) is 2.71. The Morgan fingerprint density at radius 3 is 2.11 bits per heavy atom. The summed E-state index contributed by atoms with van der Waals surface area (Å²) in [4.78, 5) is 36.6. The van der Waals surface area contributed by atoms with Gasteiger partial charge in [0, 0.05) is 5.56 Å². The monoisotopic (exact) mass is 379 g/mol. The van der Waals surface area contributed by atoms with Gasteiger partial charge in [0.05, 0.1) is 25.3 Å². The quantitative estimate of drug-likeness (QED) is 0.674. The first-order valence-electron chi connectivity index (χ1n) is 8.25. The van der Waals surface area contributed by atoms with Crippen LogP contribution < -0.4 is 5.73 Å². The largest absolute Gasteiger partial charge is 0.506 e. The number of aromatic hydroxyl groups is 1. The lowest BCUT2D eigenvalue weighted by atomic mass is 9.89. The smallest absolute Gasteiger partial charge is 0.341 e. The highest BCUT2D eigenvalue weighted by Crippen LogP contribution is 2.40. The number of phenols is 1. The lowest BCUT2D eigenvalue weighted by molar-refractivity contribution is 0.0584. The summed E-state index contributed by atoms with van der Waals surface area (Å²) in [5.74, 6) is -2.79. The molecule has 28 heavy (non-hydrogen) atoms. The van der Waals surface area contributed by atoms with Gasteiger partial charge in [0.15, 0.2) is 0 Å². The van der Waals surface area contributed by atoms with Crippen molar-refractivity contribution in [1.82, 2.24) is 0 Å². The number of ether oxygens (including phenoxy) is 2. The van der Waals surface area contributed by atoms with Gasteiger partial charge in [0.1, 0.15) is 11.3 Å². The van der Waals surface area contributed by atoms with Crippen molar-refractivity contribution in [2.45, 2.75) is 0 Å². The van der Waals surface area contributed by atoms with Crippen molar-refractivity contribution in [3.05, 3.63) is 65.2 Å². The maximum Gasteiger partial charge on any atom is 0.341 e. The number of fused-ring (bicyclic) bond motifs is 1. The van der Waals surface area contributed by atoms with E-state index in [1.54, 1.807) is 30.3 Å². The Bertz CT molecular complexity index is 1120. The topological polar surface area (TPSA) is 116 Å². The Balaban J connectivity index is 2.46. The van der Waals surface area contributed by atoms with Crippen LogP contribution in [0.3, 0.4) is 0 Å². The molecule has 3 aromatic rings. The predicted octanol–water partition coefficient (Wildman–Crippen LogP) is 2.88. The van der Waals surface area contributed by atoms with E-state index in [9.17, 15) is 19.5 Å². The number of phenolic OH excluding ortho intramolecular Hbond substituents is 1. The summed E-state index contributed by atoms with van der Waals surface area (Å²) < 4.78 is 9.46. The lowest BCUT2D eigenvalue weighted by Gasteiger charge is -2.16. The zero-order chi connectivity index (χ0) is 20.4. The van der Waals surface area contributed by atoms with Crippen molar-refractivity contribution < 1.29 is 29.0 Å². The van der Waals surface area contributed by atoms with Crippen LogP contribution in [0.15, 0.2) is 48.5 Å².